The Morgan fingerprint density at radius 1 is 1.22 bits per heavy atom. The molecule has 2 heterocycles. The number of rotatable bonds is 5. The Morgan fingerprint density at radius 2 is 1.89 bits per heavy atom. The molecule has 1 aromatic rings. The van der Waals surface area contributed by atoms with Gasteiger partial charge in [0.05, 0.1) is 0 Å². The smallest absolute Gasteiger partial charge is 0.433 e. The predicted octanol–water partition coefficient (Wildman–Crippen LogP) is 2.85. The Morgan fingerprint density at radius 3 is 2.48 bits per heavy atom. The zero-order valence-electron chi connectivity index (χ0n) is 15.8. The SMILES string of the molecule is CC(C)(C)OC(=O)N1CCN(CCCNc2nccc(C(F)(F)F)n2)CC1. The van der Waals surface area contributed by atoms with E-state index in [-0.39, 0.29) is 12.0 Å². The Bertz CT molecular complexity index is 626. The lowest BCUT2D eigenvalue weighted by molar-refractivity contribution is -0.141. The van der Waals surface area contributed by atoms with E-state index in [0.717, 1.165) is 38.3 Å². The monoisotopic (exact) mass is 389 g/mol. The quantitative estimate of drug-likeness (QED) is 0.781. The van der Waals surface area contributed by atoms with Gasteiger partial charge in [-0.25, -0.2) is 14.8 Å². The van der Waals surface area contributed by atoms with Gasteiger partial charge in [0.2, 0.25) is 5.95 Å². The molecule has 10 heteroatoms. The van der Waals surface area contributed by atoms with Crippen LogP contribution in [0.3, 0.4) is 0 Å². The first-order chi connectivity index (χ1) is 12.5. The average Bonchev–Trinajstić information content (AvgIpc) is 2.57. The first-order valence-corrected chi connectivity index (χ1v) is 8.89. The number of ether oxygens (including phenoxy) is 1. The second-order valence-electron chi connectivity index (χ2n) is 7.35. The van der Waals surface area contributed by atoms with Gasteiger partial charge >= 0.3 is 12.3 Å². The Kier molecular flexibility index (Phi) is 6.85. The molecule has 0 unspecified atom stereocenters. The van der Waals surface area contributed by atoms with Crippen LogP contribution in [0.2, 0.25) is 0 Å². The summed E-state index contributed by atoms with van der Waals surface area (Å²) in [5, 5.41) is 2.82. The molecule has 0 bridgehead atoms. The van der Waals surface area contributed by atoms with Crippen LogP contribution < -0.4 is 5.32 Å². The molecule has 0 saturated carbocycles. The first-order valence-electron chi connectivity index (χ1n) is 8.89. The molecule has 0 aliphatic carbocycles. The summed E-state index contributed by atoms with van der Waals surface area (Å²) in [5.74, 6) is -0.0282. The van der Waals surface area contributed by atoms with E-state index in [1.807, 2.05) is 20.8 Å². The van der Waals surface area contributed by atoms with Crippen LogP contribution in [-0.2, 0) is 10.9 Å². The lowest BCUT2D eigenvalue weighted by Crippen LogP contribution is -2.50. The standard InChI is InChI=1S/C17H26F3N5O2/c1-16(2,3)27-15(26)25-11-9-24(10-12-25)8-4-6-21-14-22-7-5-13(23-14)17(18,19)20/h5,7H,4,6,8-12H2,1-3H3,(H,21,22,23). The molecule has 0 atom stereocenters. The van der Waals surface area contributed by atoms with Crippen LogP contribution in [0.4, 0.5) is 23.9 Å². The Balaban J connectivity index is 1.67. The normalized spacial score (nSPS) is 16.3. The summed E-state index contributed by atoms with van der Waals surface area (Å²) in [5.41, 5.74) is -1.47. The molecule has 1 saturated heterocycles. The Labute approximate surface area is 156 Å². The van der Waals surface area contributed by atoms with Crippen molar-refractivity contribution in [2.24, 2.45) is 0 Å². The van der Waals surface area contributed by atoms with Gasteiger partial charge in [0.1, 0.15) is 11.3 Å². The van der Waals surface area contributed by atoms with E-state index in [2.05, 4.69) is 20.2 Å². The zero-order valence-corrected chi connectivity index (χ0v) is 15.8. The molecule has 1 amide bonds. The number of carbonyl (C=O) groups is 1. The topological polar surface area (TPSA) is 70.6 Å². The first kappa shape index (κ1) is 21.2. The summed E-state index contributed by atoms with van der Waals surface area (Å²) in [6.45, 7) is 9.41. The van der Waals surface area contributed by atoms with Crippen LogP contribution in [0.5, 0.6) is 0 Å². The molecule has 2 rings (SSSR count). The Hall–Kier alpha value is -2.10. The number of amides is 1. The molecule has 152 valence electrons. The number of aromatic nitrogens is 2. The van der Waals surface area contributed by atoms with E-state index in [4.69, 9.17) is 4.74 Å². The molecule has 1 fully saturated rings. The molecule has 1 aromatic heterocycles. The number of piperazine rings is 1. The summed E-state index contributed by atoms with van der Waals surface area (Å²) in [4.78, 5) is 23.2. The van der Waals surface area contributed by atoms with E-state index < -0.39 is 17.5 Å². The highest BCUT2D eigenvalue weighted by Crippen LogP contribution is 2.27. The number of anilines is 1. The van der Waals surface area contributed by atoms with Crippen molar-refractivity contribution in [3.63, 3.8) is 0 Å². The fourth-order valence-corrected chi connectivity index (χ4v) is 2.59. The van der Waals surface area contributed by atoms with Gasteiger partial charge in [-0.15, -0.1) is 0 Å². The highest BCUT2D eigenvalue weighted by Gasteiger charge is 2.32. The number of halogens is 3. The fourth-order valence-electron chi connectivity index (χ4n) is 2.59. The van der Waals surface area contributed by atoms with Crippen molar-refractivity contribution in [1.82, 2.24) is 19.8 Å². The maximum absolute atomic E-state index is 12.6. The lowest BCUT2D eigenvalue weighted by atomic mass is 10.2. The third-order valence-corrected chi connectivity index (χ3v) is 3.90. The highest BCUT2D eigenvalue weighted by molar-refractivity contribution is 5.68. The third-order valence-electron chi connectivity index (χ3n) is 3.90. The number of alkyl halides is 3. The average molecular weight is 389 g/mol. The van der Waals surface area contributed by atoms with Crippen LogP contribution >= 0.6 is 0 Å². The molecule has 1 aliphatic rings. The van der Waals surface area contributed by atoms with Crippen molar-refractivity contribution in [1.29, 1.82) is 0 Å². The van der Waals surface area contributed by atoms with Crippen molar-refractivity contribution >= 4 is 12.0 Å². The van der Waals surface area contributed by atoms with E-state index in [1.165, 1.54) is 0 Å². The lowest BCUT2D eigenvalue weighted by Gasteiger charge is -2.35. The van der Waals surface area contributed by atoms with Crippen LogP contribution in [0.15, 0.2) is 12.3 Å². The van der Waals surface area contributed by atoms with Crippen LogP contribution in [0.1, 0.15) is 32.9 Å². The molecule has 0 radical (unpaired) electrons. The molecule has 1 aliphatic heterocycles. The van der Waals surface area contributed by atoms with Gasteiger partial charge in [-0.05, 0) is 39.8 Å². The second-order valence-corrected chi connectivity index (χ2v) is 7.35. The van der Waals surface area contributed by atoms with E-state index in [9.17, 15) is 18.0 Å². The number of carbonyl (C=O) groups excluding carboxylic acids is 1. The predicted molar refractivity (Wildman–Crippen MR) is 94.4 cm³/mol. The van der Waals surface area contributed by atoms with Crippen LogP contribution in [0.25, 0.3) is 0 Å². The van der Waals surface area contributed by atoms with Crippen molar-refractivity contribution in [3.05, 3.63) is 18.0 Å². The number of hydrogen-bond acceptors (Lipinski definition) is 6. The summed E-state index contributed by atoms with van der Waals surface area (Å²) < 4.78 is 43.2. The highest BCUT2D eigenvalue weighted by atomic mass is 19.4. The molecule has 27 heavy (non-hydrogen) atoms. The van der Waals surface area contributed by atoms with Crippen LogP contribution in [-0.4, -0.2) is 70.7 Å². The van der Waals surface area contributed by atoms with E-state index >= 15 is 0 Å². The molecule has 7 nitrogen and oxygen atoms in total. The maximum Gasteiger partial charge on any atom is 0.433 e. The largest absolute Gasteiger partial charge is 0.444 e. The minimum Gasteiger partial charge on any atom is -0.444 e. The van der Waals surface area contributed by atoms with Gasteiger partial charge in [-0.1, -0.05) is 0 Å². The molecule has 1 N–H and O–H groups in total. The van der Waals surface area contributed by atoms with Gasteiger partial charge in [0.25, 0.3) is 0 Å². The number of hydrogen-bond donors (Lipinski definition) is 1. The van der Waals surface area contributed by atoms with Crippen LogP contribution in [0, 0.1) is 0 Å². The fraction of sp³-hybridized carbons (Fsp3) is 0.706. The summed E-state index contributed by atoms with van der Waals surface area (Å²) in [7, 11) is 0. The van der Waals surface area contributed by atoms with Gasteiger partial charge in [0, 0.05) is 38.9 Å². The summed E-state index contributed by atoms with van der Waals surface area (Å²) in [6.07, 6.45) is -2.96. The number of nitrogens with zero attached hydrogens (tertiary/aromatic N) is 4. The molecule has 0 spiro atoms. The van der Waals surface area contributed by atoms with Crippen molar-refractivity contribution in [2.45, 2.75) is 39.0 Å². The maximum atomic E-state index is 12.6. The van der Waals surface area contributed by atoms with Crippen molar-refractivity contribution < 1.29 is 22.7 Å². The molecular formula is C17H26F3N5O2. The van der Waals surface area contributed by atoms with Gasteiger partial charge in [0.15, 0.2) is 0 Å². The zero-order chi connectivity index (χ0) is 20.1. The summed E-state index contributed by atoms with van der Waals surface area (Å²) in [6, 6.07) is 0.843. The van der Waals surface area contributed by atoms with Crippen molar-refractivity contribution in [3.8, 4) is 0 Å². The number of nitrogens with one attached hydrogen (secondary N) is 1. The second kappa shape index (κ2) is 8.73. The van der Waals surface area contributed by atoms with E-state index in [0.29, 0.717) is 19.6 Å². The van der Waals surface area contributed by atoms with Gasteiger partial charge in [-0.2, -0.15) is 13.2 Å². The van der Waals surface area contributed by atoms with Gasteiger partial charge in [-0.3, -0.25) is 4.90 Å². The minimum absolute atomic E-state index is 0.0282. The minimum atomic E-state index is -4.48. The van der Waals surface area contributed by atoms with E-state index in [1.54, 1.807) is 4.90 Å². The van der Waals surface area contributed by atoms with Gasteiger partial charge < -0.3 is 15.0 Å². The summed E-state index contributed by atoms with van der Waals surface area (Å²) >= 11 is 0. The third kappa shape index (κ3) is 7.20. The van der Waals surface area contributed by atoms with Crippen molar-refractivity contribution in [2.75, 3.05) is 44.6 Å². The molecule has 0 aromatic carbocycles. The molecular weight excluding hydrogens is 363 g/mol.